The van der Waals surface area contributed by atoms with Gasteiger partial charge in [0.2, 0.25) is 5.91 Å². The maximum Gasteiger partial charge on any atom is 0.251 e. The van der Waals surface area contributed by atoms with E-state index in [2.05, 4.69) is 34.1 Å². The molecule has 2 heterocycles. The summed E-state index contributed by atoms with van der Waals surface area (Å²) in [6, 6.07) is 14.6. The fraction of sp³-hybridized carbons (Fsp3) is 0.304. The van der Waals surface area contributed by atoms with Crippen molar-refractivity contribution in [3.63, 3.8) is 0 Å². The summed E-state index contributed by atoms with van der Waals surface area (Å²) in [5, 5.41) is 0.803. The number of nitrogens with zero attached hydrogens (tertiary/aromatic N) is 3. The smallest absolute Gasteiger partial charge is 0.251 e. The first-order valence-electron chi connectivity index (χ1n) is 10.0. The third-order valence-corrected chi connectivity index (χ3v) is 5.99. The molecule has 30 heavy (non-hydrogen) atoms. The Morgan fingerprint density at radius 2 is 1.60 bits per heavy atom. The van der Waals surface area contributed by atoms with Gasteiger partial charge >= 0.3 is 0 Å². The van der Waals surface area contributed by atoms with Crippen LogP contribution in [0.1, 0.15) is 12.0 Å². The predicted octanol–water partition coefficient (Wildman–Crippen LogP) is 3.96. The molecule has 0 aromatic heterocycles. The summed E-state index contributed by atoms with van der Waals surface area (Å²) in [6.45, 7) is 4.10. The van der Waals surface area contributed by atoms with Gasteiger partial charge in [0.1, 0.15) is 0 Å². The number of rotatable bonds is 5. The molecule has 2 fully saturated rings. The Balaban J connectivity index is 1.34. The Labute approximate surface area is 186 Å². The van der Waals surface area contributed by atoms with Crippen LogP contribution in [-0.2, 0) is 9.59 Å². The highest BCUT2D eigenvalue weighted by molar-refractivity contribution is 6.35. The number of hydrogen-bond donors (Lipinski definition) is 0. The Bertz CT molecular complexity index is 936. The first-order chi connectivity index (χ1) is 14.5. The van der Waals surface area contributed by atoms with Crippen LogP contribution >= 0.6 is 23.2 Å². The van der Waals surface area contributed by atoms with Crippen molar-refractivity contribution in [1.29, 1.82) is 0 Å². The van der Waals surface area contributed by atoms with Gasteiger partial charge in [-0.05, 0) is 23.8 Å². The van der Waals surface area contributed by atoms with Crippen molar-refractivity contribution in [2.75, 3.05) is 37.6 Å². The zero-order valence-corrected chi connectivity index (χ0v) is 18.0. The molecular formula is C23H23Cl2N3O2. The van der Waals surface area contributed by atoms with Crippen molar-refractivity contribution >= 4 is 46.8 Å². The third-order valence-electron chi connectivity index (χ3n) is 5.55. The summed E-state index contributed by atoms with van der Waals surface area (Å²) >= 11 is 12.1. The molecule has 1 unspecified atom stereocenters. The summed E-state index contributed by atoms with van der Waals surface area (Å²) < 4.78 is 0. The number of anilines is 1. The molecule has 2 aliphatic rings. The number of amides is 2. The van der Waals surface area contributed by atoms with Crippen molar-refractivity contribution in [1.82, 2.24) is 9.80 Å². The SMILES string of the molecule is O=C1CC(N2CCN(CC=Cc3ccccc3)CC2)C(=O)N1c1cc(Cl)cc(Cl)c1. The van der Waals surface area contributed by atoms with Crippen molar-refractivity contribution in [3.8, 4) is 0 Å². The molecule has 4 rings (SSSR count). The summed E-state index contributed by atoms with van der Waals surface area (Å²) in [6.07, 6.45) is 4.48. The average molecular weight is 444 g/mol. The van der Waals surface area contributed by atoms with Crippen molar-refractivity contribution in [3.05, 3.63) is 70.2 Å². The first kappa shape index (κ1) is 21.1. The Morgan fingerprint density at radius 3 is 2.27 bits per heavy atom. The van der Waals surface area contributed by atoms with Gasteiger partial charge < -0.3 is 0 Å². The molecule has 1 atom stereocenters. The van der Waals surface area contributed by atoms with Gasteiger partial charge in [0.15, 0.2) is 0 Å². The zero-order valence-electron chi connectivity index (χ0n) is 16.5. The van der Waals surface area contributed by atoms with Crippen LogP contribution in [0.4, 0.5) is 5.69 Å². The molecule has 5 nitrogen and oxygen atoms in total. The largest absolute Gasteiger partial charge is 0.297 e. The number of carbonyl (C=O) groups excluding carboxylic acids is 2. The van der Waals surface area contributed by atoms with Gasteiger partial charge in [-0.3, -0.25) is 19.4 Å². The van der Waals surface area contributed by atoms with Gasteiger partial charge in [-0.15, -0.1) is 0 Å². The van der Waals surface area contributed by atoms with Crippen molar-refractivity contribution in [2.45, 2.75) is 12.5 Å². The monoisotopic (exact) mass is 443 g/mol. The second-order valence-electron chi connectivity index (χ2n) is 7.56. The lowest BCUT2D eigenvalue weighted by molar-refractivity contribution is -0.123. The number of benzene rings is 2. The van der Waals surface area contributed by atoms with E-state index in [-0.39, 0.29) is 18.2 Å². The van der Waals surface area contributed by atoms with Crippen LogP contribution in [0, 0.1) is 0 Å². The van der Waals surface area contributed by atoms with Crippen LogP contribution in [0.3, 0.4) is 0 Å². The van der Waals surface area contributed by atoms with E-state index in [1.807, 2.05) is 18.2 Å². The molecule has 156 valence electrons. The number of hydrogen-bond acceptors (Lipinski definition) is 4. The van der Waals surface area contributed by atoms with Crippen LogP contribution in [-0.4, -0.2) is 60.4 Å². The fourth-order valence-corrected chi connectivity index (χ4v) is 4.51. The van der Waals surface area contributed by atoms with E-state index in [0.29, 0.717) is 15.7 Å². The lowest BCUT2D eigenvalue weighted by Gasteiger charge is -2.36. The van der Waals surface area contributed by atoms with Crippen LogP contribution in [0.5, 0.6) is 0 Å². The number of halogens is 2. The van der Waals surface area contributed by atoms with E-state index in [1.165, 1.54) is 10.5 Å². The molecule has 0 radical (unpaired) electrons. The van der Waals surface area contributed by atoms with Crippen molar-refractivity contribution < 1.29 is 9.59 Å². The molecule has 2 saturated heterocycles. The highest BCUT2D eigenvalue weighted by Gasteiger charge is 2.43. The van der Waals surface area contributed by atoms with Gasteiger partial charge in [-0.25, -0.2) is 4.90 Å². The molecule has 0 aliphatic carbocycles. The number of carbonyl (C=O) groups is 2. The van der Waals surface area contributed by atoms with Crippen LogP contribution in [0.2, 0.25) is 10.0 Å². The van der Waals surface area contributed by atoms with Gasteiger partial charge in [0, 0.05) is 42.8 Å². The highest BCUT2D eigenvalue weighted by atomic mass is 35.5. The molecule has 0 bridgehead atoms. The summed E-state index contributed by atoms with van der Waals surface area (Å²) in [5.41, 5.74) is 1.63. The van der Waals surface area contributed by atoms with E-state index in [9.17, 15) is 9.59 Å². The first-order valence-corrected chi connectivity index (χ1v) is 10.8. The minimum atomic E-state index is -0.419. The fourth-order valence-electron chi connectivity index (χ4n) is 4.00. The van der Waals surface area contributed by atoms with E-state index < -0.39 is 6.04 Å². The molecule has 7 heteroatoms. The van der Waals surface area contributed by atoms with E-state index >= 15 is 0 Å². The maximum absolute atomic E-state index is 13.0. The molecule has 2 aromatic carbocycles. The van der Waals surface area contributed by atoms with E-state index in [1.54, 1.807) is 18.2 Å². The van der Waals surface area contributed by atoms with Crippen LogP contribution in [0.15, 0.2) is 54.6 Å². The maximum atomic E-state index is 13.0. The summed E-state index contributed by atoms with van der Waals surface area (Å²) in [7, 11) is 0. The highest BCUT2D eigenvalue weighted by Crippen LogP contribution is 2.30. The molecule has 0 N–H and O–H groups in total. The molecular weight excluding hydrogens is 421 g/mol. The second-order valence-corrected chi connectivity index (χ2v) is 8.44. The van der Waals surface area contributed by atoms with Gasteiger partial charge in [0.25, 0.3) is 5.91 Å². The molecule has 2 amide bonds. The van der Waals surface area contributed by atoms with Gasteiger partial charge in [0.05, 0.1) is 18.2 Å². The van der Waals surface area contributed by atoms with E-state index in [4.69, 9.17) is 23.2 Å². The predicted molar refractivity (Wildman–Crippen MR) is 121 cm³/mol. The quantitative estimate of drug-likeness (QED) is 0.656. The topological polar surface area (TPSA) is 43.9 Å². The Hall–Kier alpha value is -2.18. The Kier molecular flexibility index (Phi) is 6.54. The third kappa shape index (κ3) is 4.76. The molecule has 2 aromatic rings. The van der Waals surface area contributed by atoms with Crippen LogP contribution < -0.4 is 4.90 Å². The molecule has 0 spiro atoms. The average Bonchev–Trinajstić information content (AvgIpc) is 3.02. The zero-order chi connectivity index (χ0) is 21.1. The minimum Gasteiger partial charge on any atom is -0.297 e. The standard InChI is InChI=1S/C23H23Cl2N3O2/c24-18-13-19(25)15-20(14-18)28-22(29)16-21(23(28)30)27-11-9-26(10-12-27)8-4-7-17-5-2-1-3-6-17/h1-7,13-15,21H,8-12,16H2. The van der Waals surface area contributed by atoms with Gasteiger partial charge in [-0.2, -0.15) is 0 Å². The summed E-state index contributed by atoms with van der Waals surface area (Å²) in [5.74, 6) is -0.410. The minimum absolute atomic E-state index is 0.191. The normalized spacial score (nSPS) is 21.1. The molecule has 0 saturated carbocycles. The second kappa shape index (κ2) is 9.31. The van der Waals surface area contributed by atoms with Crippen LogP contribution in [0.25, 0.3) is 6.08 Å². The van der Waals surface area contributed by atoms with E-state index in [0.717, 1.165) is 32.7 Å². The molecule has 2 aliphatic heterocycles. The van der Waals surface area contributed by atoms with Crippen molar-refractivity contribution in [2.24, 2.45) is 0 Å². The number of imide groups is 1. The number of piperazine rings is 1. The summed E-state index contributed by atoms with van der Waals surface area (Å²) in [4.78, 5) is 31.3. The lowest BCUT2D eigenvalue weighted by atomic mass is 10.1. The van der Waals surface area contributed by atoms with Gasteiger partial charge in [-0.1, -0.05) is 65.7 Å². The Morgan fingerprint density at radius 1 is 0.933 bits per heavy atom. The lowest BCUT2D eigenvalue weighted by Crippen LogP contribution is -2.52.